The Balaban J connectivity index is 1.04. The maximum Gasteiger partial charge on any atom is 0.268 e. The van der Waals surface area contributed by atoms with Gasteiger partial charge >= 0.3 is 0 Å². The number of benzene rings is 3. The molecule has 4 N–H and O–H groups in total. The normalized spacial score (nSPS) is 16.6. The molecule has 0 unspecified atom stereocenters. The molecule has 1 aliphatic carbocycles. The molecule has 2 aromatic heterocycles. The van der Waals surface area contributed by atoms with Crippen molar-refractivity contribution in [2.75, 3.05) is 44.8 Å². The van der Waals surface area contributed by atoms with Crippen LogP contribution in [0.3, 0.4) is 0 Å². The molecule has 0 atom stereocenters. The molecule has 0 radical (unpaired) electrons. The van der Waals surface area contributed by atoms with E-state index in [4.69, 9.17) is 25.8 Å². The van der Waals surface area contributed by atoms with E-state index in [9.17, 15) is 22.0 Å². The van der Waals surface area contributed by atoms with Crippen molar-refractivity contribution in [2.45, 2.75) is 56.5 Å². The van der Waals surface area contributed by atoms with Crippen molar-refractivity contribution < 1.29 is 36.2 Å². The van der Waals surface area contributed by atoms with Gasteiger partial charge in [-0.1, -0.05) is 49.2 Å². The standard InChI is InChI=1S/C42H45ClF2N6O6S/c1-41(2)13-12-28(33(22-41)27-6-8-29(43)9-7-27)23-46-16-17-47-30-10-11-32(38(20-30)57-37-5-3-4-36-34(37)25-49-50-36)39(52)51-58(53,54)31-21-35(44)40(48-24-31)56-26-42(45)14-18-55-19-15-42/h3-11,20-21,24-25,46-47H,12-19,22-23,26H2,1-2H3,(H,49,50)(H,51,52). The predicted octanol–water partition coefficient (Wildman–Crippen LogP) is 8.22. The number of carbonyl (C=O) groups is 1. The Kier molecular flexibility index (Phi) is 12.3. The lowest BCUT2D eigenvalue weighted by atomic mass is 9.72. The van der Waals surface area contributed by atoms with Crippen molar-refractivity contribution in [1.29, 1.82) is 0 Å². The Morgan fingerprint density at radius 1 is 1.00 bits per heavy atom. The van der Waals surface area contributed by atoms with E-state index in [1.165, 1.54) is 22.8 Å². The Morgan fingerprint density at radius 2 is 1.79 bits per heavy atom. The number of nitrogens with zero attached hydrogens (tertiary/aromatic N) is 2. The van der Waals surface area contributed by atoms with Crippen LogP contribution in [0.4, 0.5) is 14.5 Å². The van der Waals surface area contributed by atoms with Crippen LogP contribution in [0.2, 0.25) is 5.02 Å². The lowest BCUT2D eigenvalue weighted by Gasteiger charge is -2.34. The summed E-state index contributed by atoms with van der Waals surface area (Å²) in [6.45, 7) is 6.44. The third kappa shape index (κ3) is 9.95. The molecule has 1 aliphatic heterocycles. The van der Waals surface area contributed by atoms with Crippen LogP contribution < -0.4 is 24.8 Å². The lowest BCUT2D eigenvalue weighted by Crippen LogP contribution is -2.37. The van der Waals surface area contributed by atoms with Gasteiger partial charge in [-0.2, -0.15) is 5.10 Å². The van der Waals surface area contributed by atoms with E-state index in [0.717, 1.165) is 32.0 Å². The van der Waals surface area contributed by atoms with E-state index in [1.54, 1.807) is 30.5 Å². The zero-order valence-electron chi connectivity index (χ0n) is 32.2. The molecule has 0 bridgehead atoms. The van der Waals surface area contributed by atoms with Gasteiger partial charge in [-0.3, -0.25) is 9.89 Å². The fourth-order valence-electron chi connectivity index (χ4n) is 7.05. The number of nitrogens with one attached hydrogen (secondary N) is 4. The second kappa shape index (κ2) is 17.4. The van der Waals surface area contributed by atoms with Crippen LogP contribution in [-0.2, 0) is 14.8 Å². The topological polar surface area (TPSA) is 157 Å². The number of ether oxygens (including phenoxy) is 3. The van der Waals surface area contributed by atoms with Gasteiger partial charge in [0.2, 0.25) is 0 Å². The van der Waals surface area contributed by atoms with E-state index in [1.807, 2.05) is 22.9 Å². The molecule has 58 heavy (non-hydrogen) atoms. The molecular formula is C42H45ClF2N6O6S. The third-order valence-corrected chi connectivity index (χ3v) is 12.0. The number of pyridine rings is 1. The third-order valence-electron chi connectivity index (χ3n) is 10.4. The number of amides is 1. The van der Waals surface area contributed by atoms with Gasteiger partial charge in [0.15, 0.2) is 5.82 Å². The van der Waals surface area contributed by atoms with Gasteiger partial charge in [0.1, 0.15) is 28.7 Å². The molecule has 3 heterocycles. The van der Waals surface area contributed by atoms with Gasteiger partial charge in [-0.25, -0.2) is 26.9 Å². The zero-order chi connectivity index (χ0) is 40.9. The number of halogens is 3. The Hall–Kier alpha value is -5.09. The molecular weight excluding hydrogens is 790 g/mol. The summed E-state index contributed by atoms with van der Waals surface area (Å²) in [6.07, 6.45) is 5.65. The number of fused-ring (bicyclic) bond motifs is 1. The first-order chi connectivity index (χ1) is 27.8. The molecule has 3 aromatic carbocycles. The largest absolute Gasteiger partial charge is 0.472 e. The van der Waals surface area contributed by atoms with Crippen LogP contribution in [0.1, 0.15) is 61.9 Å². The van der Waals surface area contributed by atoms with Crippen molar-refractivity contribution >= 4 is 49.7 Å². The first kappa shape index (κ1) is 41.1. The summed E-state index contributed by atoms with van der Waals surface area (Å²) in [6, 6.07) is 18.6. The van der Waals surface area contributed by atoms with Gasteiger partial charge < -0.3 is 24.8 Å². The molecule has 12 nitrogen and oxygen atoms in total. The number of H-pyrrole nitrogens is 1. The van der Waals surface area contributed by atoms with Crippen molar-refractivity contribution in [3.05, 3.63) is 107 Å². The molecule has 1 saturated heterocycles. The quantitative estimate of drug-likeness (QED) is 0.0758. The van der Waals surface area contributed by atoms with Crippen LogP contribution in [0.25, 0.3) is 16.5 Å². The van der Waals surface area contributed by atoms with Crippen molar-refractivity contribution in [3.8, 4) is 17.4 Å². The van der Waals surface area contributed by atoms with Gasteiger partial charge in [0.25, 0.3) is 21.8 Å². The number of allylic oxidation sites excluding steroid dienone is 1. The average molecular weight is 835 g/mol. The number of alkyl halides is 1. The minimum atomic E-state index is -4.63. The number of aromatic amines is 1. The molecule has 1 amide bonds. The van der Waals surface area contributed by atoms with Crippen LogP contribution in [0.15, 0.2) is 89.6 Å². The summed E-state index contributed by atoms with van der Waals surface area (Å²) in [5, 5.41) is 15.2. The summed E-state index contributed by atoms with van der Waals surface area (Å²) in [7, 11) is -4.63. The van der Waals surface area contributed by atoms with Crippen LogP contribution in [-0.4, -0.2) is 74.6 Å². The van der Waals surface area contributed by atoms with E-state index in [2.05, 4.69) is 51.8 Å². The predicted molar refractivity (Wildman–Crippen MR) is 218 cm³/mol. The van der Waals surface area contributed by atoms with E-state index in [-0.39, 0.29) is 42.8 Å². The average Bonchev–Trinajstić information content (AvgIpc) is 3.68. The zero-order valence-corrected chi connectivity index (χ0v) is 33.7. The number of aromatic nitrogens is 3. The highest BCUT2D eigenvalue weighted by Crippen LogP contribution is 2.43. The highest BCUT2D eigenvalue weighted by Gasteiger charge is 2.34. The van der Waals surface area contributed by atoms with Crippen molar-refractivity contribution in [2.24, 2.45) is 5.41 Å². The Labute approximate surface area is 340 Å². The molecule has 7 rings (SSSR count). The maximum absolute atomic E-state index is 15.0. The number of carbonyl (C=O) groups excluding carboxylic acids is 1. The smallest absolute Gasteiger partial charge is 0.268 e. The monoisotopic (exact) mass is 834 g/mol. The second-order valence-electron chi connectivity index (χ2n) is 15.4. The molecule has 0 saturated carbocycles. The number of sulfonamides is 1. The fourth-order valence-corrected chi connectivity index (χ4v) is 8.10. The summed E-state index contributed by atoms with van der Waals surface area (Å²) in [4.78, 5) is 16.8. The van der Waals surface area contributed by atoms with Crippen molar-refractivity contribution in [3.63, 3.8) is 0 Å². The molecule has 1 fully saturated rings. The summed E-state index contributed by atoms with van der Waals surface area (Å²) >= 11 is 6.17. The summed E-state index contributed by atoms with van der Waals surface area (Å²) in [5.74, 6) is -2.28. The van der Waals surface area contributed by atoms with Crippen LogP contribution in [0.5, 0.6) is 17.4 Å². The van der Waals surface area contributed by atoms with E-state index in [0.29, 0.717) is 46.5 Å². The number of hydrogen-bond donors (Lipinski definition) is 4. The number of anilines is 1. The summed E-state index contributed by atoms with van der Waals surface area (Å²) in [5.41, 5.74) is 3.61. The second-order valence-corrected chi connectivity index (χ2v) is 17.5. The molecule has 306 valence electrons. The minimum absolute atomic E-state index is 0.0586. The highest BCUT2D eigenvalue weighted by molar-refractivity contribution is 7.90. The lowest BCUT2D eigenvalue weighted by molar-refractivity contribution is -0.0337. The molecule has 2 aliphatic rings. The Morgan fingerprint density at radius 3 is 2.57 bits per heavy atom. The van der Waals surface area contributed by atoms with E-state index < -0.39 is 44.8 Å². The van der Waals surface area contributed by atoms with Crippen LogP contribution >= 0.6 is 11.6 Å². The molecule has 5 aromatic rings. The fraction of sp³-hybridized carbons (Fsp3) is 0.357. The molecule has 0 spiro atoms. The SMILES string of the molecule is CC1(C)CCC(CNCCNc2ccc(C(=O)NS(=O)(=O)c3cnc(OCC4(F)CCOCC4)c(F)c3)c(Oc3cccc4[nH]ncc34)c2)=C(c2ccc(Cl)cc2)C1. The Bertz CT molecular complexity index is 2420. The maximum atomic E-state index is 15.0. The van der Waals surface area contributed by atoms with Gasteiger partial charge in [-0.05, 0) is 72.2 Å². The number of hydrogen-bond acceptors (Lipinski definition) is 10. The van der Waals surface area contributed by atoms with E-state index >= 15 is 0 Å². The first-order valence-electron chi connectivity index (χ1n) is 19.1. The molecule has 16 heteroatoms. The highest BCUT2D eigenvalue weighted by atomic mass is 35.5. The van der Waals surface area contributed by atoms with Crippen LogP contribution in [0, 0.1) is 11.2 Å². The van der Waals surface area contributed by atoms with Gasteiger partial charge in [0, 0.05) is 68.5 Å². The van der Waals surface area contributed by atoms with Gasteiger partial charge in [-0.15, -0.1) is 0 Å². The van der Waals surface area contributed by atoms with Crippen molar-refractivity contribution in [1.82, 2.24) is 25.2 Å². The minimum Gasteiger partial charge on any atom is -0.472 e. The first-order valence-corrected chi connectivity index (χ1v) is 20.9. The summed E-state index contributed by atoms with van der Waals surface area (Å²) < 4.78 is 75.3. The van der Waals surface area contributed by atoms with Gasteiger partial charge in [0.05, 0.1) is 28.9 Å². The number of rotatable bonds is 15.